The predicted molar refractivity (Wildman–Crippen MR) is 104 cm³/mol. The van der Waals surface area contributed by atoms with Gasteiger partial charge in [-0.1, -0.05) is 24.3 Å². The van der Waals surface area contributed by atoms with Crippen molar-refractivity contribution in [3.8, 4) is 5.75 Å². The molecule has 0 spiro atoms. The van der Waals surface area contributed by atoms with Crippen LogP contribution in [0.25, 0.3) is 0 Å². The Labute approximate surface area is 154 Å². The molecule has 2 rings (SSSR count). The van der Waals surface area contributed by atoms with Crippen LogP contribution in [-0.4, -0.2) is 44.5 Å². The normalized spacial score (nSPS) is 10.2. The summed E-state index contributed by atoms with van der Waals surface area (Å²) in [7, 11) is 5.01. The zero-order valence-corrected chi connectivity index (χ0v) is 15.6. The third kappa shape index (κ3) is 5.24. The van der Waals surface area contributed by atoms with Crippen molar-refractivity contribution in [2.45, 2.75) is 13.3 Å². The highest BCUT2D eigenvalue weighted by Gasteiger charge is 2.11. The van der Waals surface area contributed by atoms with Crippen molar-refractivity contribution in [2.75, 3.05) is 38.4 Å². The Morgan fingerprint density at radius 1 is 1.08 bits per heavy atom. The number of para-hydroxylation sites is 1. The molecule has 0 aliphatic heterocycles. The van der Waals surface area contributed by atoms with E-state index < -0.39 is 0 Å². The van der Waals surface area contributed by atoms with Gasteiger partial charge in [0.15, 0.2) is 0 Å². The molecule has 0 unspecified atom stereocenters. The molecular weight excluding hydrogens is 330 g/mol. The van der Waals surface area contributed by atoms with Gasteiger partial charge < -0.3 is 20.3 Å². The van der Waals surface area contributed by atoms with Gasteiger partial charge in [-0.05, 0) is 36.2 Å². The molecule has 0 aliphatic rings. The molecule has 0 aliphatic carbocycles. The van der Waals surface area contributed by atoms with E-state index in [0.717, 1.165) is 16.8 Å². The number of rotatable bonds is 7. The van der Waals surface area contributed by atoms with Crippen LogP contribution in [0.3, 0.4) is 0 Å². The van der Waals surface area contributed by atoms with Crippen molar-refractivity contribution in [3.05, 3.63) is 53.6 Å². The van der Waals surface area contributed by atoms with Gasteiger partial charge in [0.25, 0.3) is 0 Å². The van der Waals surface area contributed by atoms with E-state index in [-0.39, 0.29) is 24.8 Å². The summed E-state index contributed by atoms with van der Waals surface area (Å²) in [6.07, 6.45) is 0.281. The second-order valence-electron chi connectivity index (χ2n) is 6.23. The number of carbonyl (C=O) groups excluding carboxylic acids is 2. The lowest BCUT2D eigenvalue weighted by Crippen LogP contribution is -2.25. The van der Waals surface area contributed by atoms with Crippen LogP contribution in [0.2, 0.25) is 0 Å². The Bertz CT molecular complexity index is 788. The smallest absolute Gasteiger partial charge is 0.243 e. The Kier molecular flexibility index (Phi) is 6.60. The molecule has 26 heavy (non-hydrogen) atoms. The first-order valence-electron chi connectivity index (χ1n) is 8.37. The zero-order chi connectivity index (χ0) is 19.1. The second kappa shape index (κ2) is 8.89. The molecule has 2 aromatic rings. The third-order valence-electron chi connectivity index (χ3n) is 3.93. The summed E-state index contributed by atoms with van der Waals surface area (Å²) in [5.74, 6) is 0.428. The molecule has 0 bridgehead atoms. The lowest BCUT2D eigenvalue weighted by molar-refractivity contribution is -0.127. The molecule has 2 aromatic carbocycles. The molecule has 0 atom stereocenters. The maximum atomic E-state index is 12.3. The fraction of sp³-hybridized carbons (Fsp3) is 0.300. The molecule has 138 valence electrons. The first-order chi connectivity index (χ1) is 12.4. The number of carbonyl (C=O) groups is 2. The van der Waals surface area contributed by atoms with Gasteiger partial charge in [-0.2, -0.15) is 0 Å². The van der Waals surface area contributed by atoms with Crippen molar-refractivity contribution in [2.24, 2.45) is 0 Å². The first kappa shape index (κ1) is 19.3. The predicted octanol–water partition coefficient (Wildman–Crippen LogP) is 2.68. The summed E-state index contributed by atoms with van der Waals surface area (Å²) in [5.41, 5.74) is 3.29. The average molecular weight is 355 g/mol. The van der Waals surface area contributed by atoms with E-state index in [1.54, 1.807) is 26.1 Å². The van der Waals surface area contributed by atoms with Crippen molar-refractivity contribution in [3.63, 3.8) is 0 Å². The molecule has 6 heteroatoms. The van der Waals surface area contributed by atoms with E-state index in [2.05, 4.69) is 10.6 Å². The van der Waals surface area contributed by atoms with Crippen molar-refractivity contribution in [1.29, 1.82) is 0 Å². The Balaban J connectivity index is 2.02. The summed E-state index contributed by atoms with van der Waals surface area (Å²) in [6.45, 7) is 2.04. The summed E-state index contributed by atoms with van der Waals surface area (Å²) in [6, 6.07) is 13.1. The van der Waals surface area contributed by atoms with Gasteiger partial charge in [0.2, 0.25) is 11.8 Å². The number of aryl methyl sites for hydroxylation is 1. The fourth-order valence-electron chi connectivity index (χ4n) is 2.46. The van der Waals surface area contributed by atoms with Crippen LogP contribution in [0.4, 0.5) is 11.4 Å². The maximum absolute atomic E-state index is 12.3. The molecule has 6 nitrogen and oxygen atoms in total. The molecule has 0 radical (unpaired) electrons. The molecule has 0 saturated heterocycles. The minimum atomic E-state index is -0.192. The van der Waals surface area contributed by atoms with Gasteiger partial charge >= 0.3 is 0 Å². The summed E-state index contributed by atoms with van der Waals surface area (Å²) < 4.78 is 5.27. The lowest BCUT2D eigenvalue weighted by Gasteiger charge is -2.15. The molecule has 2 N–H and O–H groups in total. The Hall–Kier alpha value is -3.02. The molecule has 0 aromatic heterocycles. The molecule has 0 saturated carbocycles. The number of anilines is 2. The lowest BCUT2D eigenvalue weighted by atomic mass is 10.1. The number of hydrogen-bond donors (Lipinski definition) is 2. The Morgan fingerprint density at radius 2 is 1.81 bits per heavy atom. The number of likely N-dealkylation sites (N-methyl/N-ethyl adjacent to an activating group) is 1. The summed E-state index contributed by atoms with van der Waals surface area (Å²) in [5, 5.41) is 5.96. The van der Waals surface area contributed by atoms with Crippen LogP contribution >= 0.6 is 0 Å². The maximum Gasteiger partial charge on any atom is 0.243 e. The quantitative estimate of drug-likeness (QED) is 0.801. The highest BCUT2D eigenvalue weighted by molar-refractivity contribution is 5.95. The first-order valence-corrected chi connectivity index (χ1v) is 8.37. The van der Waals surface area contributed by atoms with E-state index in [4.69, 9.17) is 4.74 Å². The third-order valence-corrected chi connectivity index (χ3v) is 3.93. The number of methoxy groups -OCH3 is 1. The van der Waals surface area contributed by atoms with Crippen LogP contribution in [0.5, 0.6) is 5.75 Å². The summed E-state index contributed by atoms with van der Waals surface area (Å²) >= 11 is 0. The van der Waals surface area contributed by atoms with E-state index >= 15 is 0 Å². The number of nitrogens with one attached hydrogen (secondary N) is 2. The molecule has 0 fully saturated rings. The number of benzene rings is 2. The highest BCUT2D eigenvalue weighted by Crippen LogP contribution is 2.25. The van der Waals surface area contributed by atoms with Crippen molar-refractivity contribution >= 4 is 23.2 Å². The number of hydrogen-bond acceptors (Lipinski definition) is 4. The molecular formula is C20H25N3O3. The van der Waals surface area contributed by atoms with Crippen molar-refractivity contribution in [1.82, 2.24) is 4.90 Å². The second-order valence-corrected chi connectivity index (χ2v) is 6.23. The van der Waals surface area contributed by atoms with Gasteiger partial charge in [0.05, 0.1) is 25.8 Å². The van der Waals surface area contributed by atoms with Gasteiger partial charge in [-0.25, -0.2) is 0 Å². The fourth-order valence-corrected chi connectivity index (χ4v) is 2.46. The SMILES string of the molecule is COc1ccc(C)cc1NC(=O)CNc1ccccc1CC(=O)N(C)C. The summed E-state index contributed by atoms with van der Waals surface area (Å²) in [4.78, 5) is 25.8. The van der Waals surface area contributed by atoms with E-state index in [1.807, 2.05) is 49.4 Å². The van der Waals surface area contributed by atoms with Gasteiger partial charge in [-0.3, -0.25) is 9.59 Å². The number of nitrogens with zero attached hydrogens (tertiary/aromatic N) is 1. The number of amides is 2. The number of ether oxygens (including phenoxy) is 1. The van der Waals surface area contributed by atoms with E-state index in [9.17, 15) is 9.59 Å². The zero-order valence-electron chi connectivity index (χ0n) is 15.6. The van der Waals surface area contributed by atoms with Gasteiger partial charge in [0, 0.05) is 19.8 Å². The average Bonchev–Trinajstić information content (AvgIpc) is 2.61. The Morgan fingerprint density at radius 3 is 2.50 bits per heavy atom. The van der Waals surface area contributed by atoms with Gasteiger partial charge in [0.1, 0.15) is 5.75 Å². The minimum absolute atomic E-state index is 0.00759. The molecule has 2 amide bonds. The largest absolute Gasteiger partial charge is 0.495 e. The minimum Gasteiger partial charge on any atom is -0.495 e. The highest BCUT2D eigenvalue weighted by atomic mass is 16.5. The molecule has 0 heterocycles. The monoisotopic (exact) mass is 355 g/mol. The van der Waals surface area contributed by atoms with Crippen molar-refractivity contribution < 1.29 is 14.3 Å². The van der Waals surface area contributed by atoms with Gasteiger partial charge in [-0.15, -0.1) is 0 Å². The van der Waals surface area contributed by atoms with Crippen LogP contribution in [-0.2, 0) is 16.0 Å². The van der Waals surface area contributed by atoms with Crippen LogP contribution in [0.1, 0.15) is 11.1 Å². The van der Waals surface area contributed by atoms with Crippen LogP contribution < -0.4 is 15.4 Å². The topological polar surface area (TPSA) is 70.7 Å². The van der Waals surface area contributed by atoms with Crippen LogP contribution in [0.15, 0.2) is 42.5 Å². The van der Waals surface area contributed by atoms with E-state index in [0.29, 0.717) is 11.4 Å². The standard InChI is InChI=1S/C20H25N3O3/c1-14-9-10-18(26-4)17(11-14)22-19(24)13-21-16-8-6-5-7-15(16)12-20(25)23(2)3/h5-11,21H,12-13H2,1-4H3,(H,22,24). The van der Waals surface area contributed by atoms with Crippen LogP contribution in [0, 0.1) is 6.92 Å². The van der Waals surface area contributed by atoms with E-state index in [1.165, 1.54) is 0 Å².